The number of nitrogens with zero attached hydrogens (tertiary/aromatic N) is 3. The highest BCUT2D eigenvalue weighted by molar-refractivity contribution is 7.07. The minimum Gasteiger partial charge on any atom is -0.482 e. The first-order valence-corrected chi connectivity index (χ1v) is 9.40. The topological polar surface area (TPSA) is 68.0 Å². The molecule has 1 amide bonds. The van der Waals surface area contributed by atoms with Crippen molar-refractivity contribution in [3.8, 4) is 17.0 Å². The molecular formula is C19H15ClN4O2S. The van der Waals surface area contributed by atoms with Gasteiger partial charge in [0.25, 0.3) is 5.91 Å². The van der Waals surface area contributed by atoms with Crippen LogP contribution in [0.2, 0.25) is 5.02 Å². The van der Waals surface area contributed by atoms with Crippen LogP contribution in [0.3, 0.4) is 0 Å². The van der Waals surface area contributed by atoms with Crippen LogP contribution in [0.1, 0.15) is 5.56 Å². The van der Waals surface area contributed by atoms with Crippen LogP contribution >= 0.6 is 22.9 Å². The first-order chi connectivity index (χ1) is 13.1. The van der Waals surface area contributed by atoms with Crippen LogP contribution in [0, 0.1) is 0 Å². The lowest BCUT2D eigenvalue weighted by molar-refractivity contribution is -0.118. The zero-order valence-electron chi connectivity index (χ0n) is 14.3. The average molecular weight is 399 g/mol. The van der Waals surface area contributed by atoms with Crippen molar-refractivity contribution in [2.24, 2.45) is 10.1 Å². The Morgan fingerprint density at radius 2 is 2.07 bits per heavy atom. The molecule has 2 heterocycles. The van der Waals surface area contributed by atoms with Crippen LogP contribution in [0.25, 0.3) is 11.3 Å². The number of ether oxygens (including phenoxy) is 1. The summed E-state index contributed by atoms with van der Waals surface area (Å²) in [5, 5.41) is 10.1. The third-order valence-corrected chi connectivity index (χ3v) is 5.14. The fourth-order valence-electron chi connectivity index (χ4n) is 2.68. The van der Waals surface area contributed by atoms with E-state index in [1.54, 1.807) is 17.9 Å². The lowest BCUT2D eigenvalue weighted by Crippen LogP contribution is -2.25. The number of fused-ring (bicyclic) bond motifs is 1. The minimum atomic E-state index is -0.164. The number of hydrogen-bond donors (Lipinski definition) is 1. The van der Waals surface area contributed by atoms with Gasteiger partial charge in [0, 0.05) is 23.0 Å². The van der Waals surface area contributed by atoms with Crippen LogP contribution < -0.4 is 14.9 Å². The van der Waals surface area contributed by atoms with Gasteiger partial charge in [0.15, 0.2) is 6.61 Å². The number of carbonyl (C=O) groups is 1. The predicted octanol–water partition coefficient (Wildman–Crippen LogP) is 3.61. The zero-order valence-corrected chi connectivity index (χ0v) is 15.9. The summed E-state index contributed by atoms with van der Waals surface area (Å²) in [7, 11) is 1.73. The molecule has 0 saturated heterocycles. The zero-order chi connectivity index (χ0) is 18.8. The van der Waals surface area contributed by atoms with Crippen LogP contribution in [0.15, 0.2) is 57.9 Å². The summed E-state index contributed by atoms with van der Waals surface area (Å²) in [5.74, 6) is 0.494. The second kappa shape index (κ2) is 7.38. The summed E-state index contributed by atoms with van der Waals surface area (Å²) < 4.78 is 7.19. The van der Waals surface area contributed by atoms with Gasteiger partial charge in [0.2, 0.25) is 4.80 Å². The standard InChI is InChI=1S/C19H15ClN4O2S/c1-21-19-24(22-9-12-2-5-14(20)6-3-12)16(11-27-19)13-4-7-17-15(8-13)23-18(25)10-26-17/h2-9,11H,10H2,1H3,(H,23,25). The lowest BCUT2D eigenvalue weighted by atomic mass is 10.1. The number of thiazole rings is 1. The van der Waals surface area contributed by atoms with Gasteiger partial charge in [-0.1, -0.05) is 23.7 Å². The monoisotopic (exact) mass is 398 g/mol. The van der Waals surface area contributed by atoms with E-state index in [0.717, 1.165) is 21.6 Å². The molecule has 0 bridgehead atoms. The summed E-state index contributed by atoms with van der Waals surface area (Å²) in [6.45, 7) is 0.0368. The number of nitrogens with one attached hydrogen (secondary N) is 1. The maximum atomic E-state index is 11.6. The van der Waals surface area contributed by atoms with Crippen molar-refractivity contribution in [1.29, 1.82) is 0 Å². The first-order valence-electron chi connectivity index (χ1n) is 8.14. The fraction of sp³-hybridized carbons (Fsp3) is 0.105. The molecule has 136 valence electrons. The third kappa shape index (κ3) is 3.65. The molecule has 3 aromatic rings. The second-order valence-corrected chi connectivity index (χ2v) is 7.06. The highest BCUT2D eigenvalue weighted by Crippen LogP contribution is 2.32. The summed E-state index contributed by atoms with van der Waals surface area (Å²) in [6.07, 6.45) is 1.75. The third-order valence-electron chi connectivity index (χ3n) is 3.98. The number of amides is 1. The molecule has 0 atom stereocenters. The smallest absolute Gasteiger partial charge is 0.262 e. The van der Waals surface area contributed by atoms with Crippen molar-refractivity contribution < 1.29 is 9.53 Å². The molecule has 27 heavy (non-hydrogen) atoms. The minimum absolute atomic E-state index is 0.0368. The van der Waals surface area contributed by atoms with E-state index in [4.69, 9.17) is 16.3 Å². The molecule has 1 aliphatic rings. The molecule has 8 heteroatoms. The molecule has 0 radical (unpaired) electrons. The van der Waals surface area contributed by atoms with Crippen LogP contribution in [-0.2, 0) is 4.79 Å². The molecule has 0 fully saturated rings. The van der Waals surface area contributed by atoms with E-state index in [-0.39, 0.29) is 12.5 Å². The second-order valence-electron chi connectivity index (χ2n) is 5.78. The van der Waals surface area contributed by atoms with Gasteiger partial charge in [-0.05, 0) is 35.9 Å². The van der Waals surface area contributed by atoms with Gasteiger partial charge in [-0.15, -0.1) is 11.3 Å². The number of carbonyl (C=O) groups excluding carboxylic acids is 1. The number of benzene rings is 2. The summed E-state index contributed by atoms with van der Waals surface area (Å²) >= 11 is 7.42. The summed E-state index contributed by atoms with van der Waals surface area (Å²) in [4.78, 5) is 16.6. The van der Waals surface area contributed by atoms with Gasteiger partial charge in [0.05, 0.1) is 17.6 Å². The van der Waals surface area contributed by atoms with Gasteiger partial charge >= 0.3 is 0 Å². The number of aromatic nitrogens is 1. The first kappa shape index (κ1) is 17.5. The molecule has 1 aromatic heterocycles. The van der Waals surface area contributed by atoms with Crippen molar-refractivity contribution in [2.45, 2.75) is 0 Å². The van der Waals surface area contributed by atoms with E-state index in [1.165, 1.54) is 11.3 Å². The Hall–Kier alpha value is -2.90. The Bertz CT molecular complexity index is 1100. The average Bonchev–Trinajstić information content (AvgIpc) is 3.10. The van der Waals surface area contributed by atoms with E-state index in [0.29, 0.717) is 16.5 Å². The Kier molecular flexibility index (Phi) is 4.79. The maximum Gasteiger partial charge on any atom is 0.262 e. The molecule has 0 unspecified atom stereocenters. The van der Waals surface area contributed by atoms with Crippen LogP contribution in [0.5, 0.6) is 5.75 Å². The number of hydrogen-bond acceptors (Lipinski definition) is 5. The molecule has 0 saturated carbocycles. The van der Waals surface area contributed by atoms with Crippen molar-refractivity contribution in [3.63, 3.8) is 0 Å². The Balaban J connectivity index is 1.74. The van der Waals surface area contributed by atoms with Gasteiger partial charge in [0.1, 0.15) is 5.75 Å². The molecule has 4 rings (SSSR count). The SMILES string of the molecule is CN=c1scc(-c2ccc3c(c2)NC(=O)CO3)n1N=Cc1ccc(Cl)cc1. The van der Waals surface area contributed by atoms with Gasteiger partial charge in [-0.25, -0.2) is 4.68 Å². The number of rotatable bonds is 3. The van der Waals surface area contributed by atoms with Crippen molar-refractivity contribution in [2.75, 3.05) is 19.0 Å². The van der Waals surface area contributed by atoms with Gasteiger partial charge in [-0.2, -0.15) is 5.10 Å². The Morgan fingerprint density at radius 1 is 1.26 bits per heavy atom. The molecule has 6 nitrogen and oxygen atoms in total. The molecular weight excluding hydrogens is 384 g/mol. The van der Waals surface area contributed by atoms with E-state index >= 15 is 0 Å². The van der Waals surface area contributed by atoms with Crippen molar-refractivity contribution >= 4 is 40.7 Å². The van der Waals surface area contributed by atoms with Gasteiger partial charge < -0.3 is 10.1 Å². The lowest BCUT2D eigenvalue weighted by Gasteiger charge is -2.18. The molecule has 0 spiro atoms. The largest absolute Gasteiger partial charge is 0.482 e. The Labute approximate surface area is 164 Å². The number of anilines is 1. The van der Waals surface area contributed by atoms with Crippen molar-refractivity contribution in [3.05, 3.63) is 63.2 Å². The molecule has 2 aromatic carbocycles. The van der Waals surface area contributed by atoms with Crippen LogP contribution in [-0.4, -0.2) is 30.5 Å². The van der Waals surface area contributed by atoms with Crippen molar-refractivity contribution in [1.82, 2.24) is 4.68 Å². The quantitative estimate of drug-likeness (QED) is 0.685. The summed E-state index contributed by atoms with van der Waals surface area (Å²) in [6, 6.07) is 13.1. The van der Waals surface area contributed by atoms with E-state index in [1.807, 2.05) is 47.8 Å². The van der Waals surface area contributed by atoms with E-state index in [2.05, 4.69) is 15.4 Å². The van der Waals surface area contributed by atoms with Gasteiger partial charge in [-0.3, -0.25) is 9.79 Å². The summed E-state index contributed by atoms with van der Waals surface area (Å²) in [5.41, 5.74) is 3.35. The Morgan fingerprint density at radius 3 is 2.85 bits per heavy atom. The highest BCUT2D eigenvalue weighted by atomic mass is 35.5. The molecule has 0 aliphatic carbocycles. The molecule has 1 aliphatic heterocycles. The van der Waals surface area contributed by atoms with Crippen LogP contribution in [0.4, 0.5) is 5.69 Å². The molecule has 1 N–H and O–H groups in total. The van der Waals surface area contributed by atoms with E-state index in [9.17, 15) is 4.79 Å². The normalized spacial score (nSPS) is 14.1. The number of halogens is 1. The van der Waals surface area contributed by atoms with E-state index < -0.39 is 0 Å². The predicted molar refractivity (Wildman–Crippen MR) is 108 cm³/mol. The maximum absolute atomic E-state index is 11.6. The highest BCUT2D eigenvalue weighted by Gasteiger charge is 2.17. The fourth-order valence-corrected chi connectivity index (χ4v) is 3.61.